The van der Waals surface area contributed by atoms with E-state index in [2.05, 4.69) is 24.1 Å². The van der Waals surface area contributed by atoms with Gasteiger partial charge in [0.2, 0.25) is 0 Å². The van der Waals surface area contributed by atoms with E-state index in [1.807, 2.05) is 20.6 Å². The summed E-state index contributed by atoms with van der Waals surface area (Å²) in [5.41, 5.74) is -0.622. The summed E-state index contributed by atoms with van der Waals surface area (Å²) < 4.78 is 13.9. The van der Waals surface area contributed by atoms with Gasteiger partial charge in [-0.25, -0.2) is 9.78 Å². The zero-order valence-corrected chi connectivity index (χ0v) is 17.3. The summed E-state index contributed by atoms with van der Waals surface area (Å²) in [5.74, 6) is 1.30. The quantitative estimate of drug-likeness (QED) is 0.804. The Morgan fingerprint density at radius 2 is 1.93 bits per heavy atom. The van der Waals surface area contributed by atoms with Gasteiger partial charge in [-0.3, -0.25) is 4.79 Å². The van der Waals surface area contributed by atoms with Crippen molar-refractivity contribution in [3.8, 4) is 0 Å². The van der Waals surface area contributed by atoms with E-state index in [1.165, 1.54) is 0 Å². The molecule has 2 fully saturated rings. The average Bonchev–Trinajstić information content (AvgIpc) is 3.22. The van der Waals surface area contributed by atoms with Crippen molar-refractivity contribution in [2.75, 3.05) is 45.9 Å². The van der Waals surface area contributed by atoms with Crippen molar-refractivity contribution in [2.24, 2.45) is 5.92 Å². The molecular weight excluding hydrogens is 374 g/mol. The largest absolute Gasteiger partial charge is 0.378 e. The lowest BCUT2D eigenvalue weighted by Gasteiger charge is -2.46. The predicted octanol–water partition coefficient (Wildman–Crippen LogP) is 0.797. The molecule has 4 heterocycles. The van der Waals surface area contributed by atoms with Crippen molar-refractivity contribution in [3.05, 3.63) is 18.2 Å². The van der Waals surface area contributed by atoms with Crippen LogP contribution in [0.25, 0.3) is 0 Å². The molecule has 0 unspecified atom stereocenters. The van der Waals surface area contributed by atoms with Crippen molar-refractivity contribution in [1.29, 1.82) is 0 Å². The molecule has 29 heavy (non-hydrogen) atoms. The Morgan fingerprint density at radius 1 is 1.21 bits per heavy atom. The summed E-state index contributed by atoms with van der Waals surface area (Å²) in [5, 5.41) is 2.98. The first-order chi connectivity index (χ1) is 14.0. The second kappa shape index (κ2) is 8.31. The number of urea groups is 1. The first-order valence-electron chi connectivity index (χ1n) is 10.6. The van der Waals surface area contributed by atoms with Gasteiger partial charge in [-0.1, -0.05) is 13.8 Å². The number of imidazole rings is 1. The molecule has 1 atom stereocenters. The summed E-state index contributed by atoms with van der Waals surface area (Å²) >= 11 is 0. The van der Waals surface area contributed by atoms with Crippen molar-refractivity contribution in [2.45, 2.75) is 44.9 Å². The minimum absolute atomic E-state index is 0.0177. The predicted molar refractivity (Wildman–Crippen MR) is 105 cm³/mol. The maximum atomic E-state index is 13.1. The molecule has 0 aromatic carbocycles. The summed E-state index contributed by atoms with van der Waals surface area (Å²) in [7, 11) is 0. The summed E-state index contributed by atoms with van der Waals surface area (Å²) in [6.07, 6.45) is 4.42. The van der Waals surface area contributed by atoms with Crippen LogP contribution in [0, 0.1) is 5.92 Å². The van der Waals surface area contributed by atoms with Gasteiger partial charge in [-0.05, 0) is 5.92 Å². The Labute approximate surface area is 171 Å². The molecule has 0 aliphatic carbocycles. The number of ether oxygens (including phenoxy) is 2. The molecule has 0 bridgehead atoms. The van der Waals surface area contributed by atoms with Gasteiger partial charge in [-0.2, -0.15) is 0 Å². The fraction of sp³-hybridized carbons (Fsp3) is 0.750. The van der Waals surface area contributed by atoms with Crippen LogP contribution in [0.1, 0.15) is 32.5 Å². The third kappa shape index (κ3) is 4.11. The molecule has 1 spiro atoms. The summed E-state index contributed by atoms with van der Waals surface area (Å²) in [4.78, 5) is 33.7. The highest BCUT2D eigenvalue weighted by molar-refractivity contribution is 5.81. The number of hydrogen-bond acceptors (Lipinski definition) is 5. The van der Waals surface area contributed by atoms with Crippen LogP contribution in [0.15, 0.2) is 12.4 Å². The van der Waals surface area contributed by atoms with Crippen LogP contribution >= 0.6 is 0 Å². The van der Waals surface area contributed by atoms with E-state index in [-0.39, 0.29) is 11.9 Å². The minimum Gasteiger partial charge on any atom is -0.378 e. The SMILES string of the molecule is CC(C)CNC(=O)N1CCC2(CC1)O[C@@H](C(=O)N1CCOCC1)Cn1ccnc12. The highest BCUT2D eigenvalue weighted by Gasteiger charge is 2.48. The Kier molecular flexibility index (Phi) is 5.78. The highest BCUT2D eigenvalue weighted by atomic mass is 16.5. The number of carbonyl (C=O) groups is 2. The first kappa shape index (κ1) is 20.2. The second-order valence-corrected chi connectivity index (χ2v) is 8.51. The number of fused-ring (bicyclic) bond motifs is 2. The van der Waals surface area contributed by atoms with Crippen LogP contribution in [0.2, 0.25) is 0 Å². The zero-order chi connectivity index (χ0) is 20.4. The Morgan fingerprint density at radius 3 is 2.62 bits per heavy atom. The van der Waals surface area contributed by atoms with Crippen molar-refractivity contribution < 1.29 is 19.1 Å². The van der Waals surface area contributed by atoms with E-state index < -0.39 is 11.7 Å². The maximum absolute atomic E-state index is 13.1. The third-order valence-corrected chi connectivity index (χ3v) is 5.97. The van der Waals surface area contributed by atoms with Crippen molar-refractivity contribution >= 4 is 11.9 Å². The van der Waals surface area contributed by atoms with Crippen LogP contribution in [-0.4, -0.2) is 83.3 Å². The molecule has 1 N–H and O–H groups in total. The third-order valence-electron chi connectivity index (χ3n) is 5.97. The van der Waals surface area contributed by atoms with E-state index in [0.717, 1.165) is 5.82 Å². The van der Waals surface area contributed by atoms with Gasteiger partial charge < -0.3 is 29.2 Å². The van der Waals surface area contributed by atoms with Gasteiger partial charge in [0.15, 0.2) is 6.10 Å². The van der Waals surface area contributed by atoms with E-state index in [4.69, 9.17) is 9.47 Å². The number of aromatic nitrogens is 2. The summed E-state index contributed by atoms with van der Waals surface area (Å²) in [6.45, 7) is 8.80. The lowest BCUT2D eigenvalue weighted by atomic mass is 9.88. The highest BCUT2D eigenvalue weighted by Crippen LogP contribution is 2.40. The van der Waals surface area contributed by atoms with Crippen LogP contribution in [0.5, 0.6) is 0 Å². The van der Waals surface area contributed by atoms with Gasteiger partial charge in [0.25, 0.3) is 5.91 Å². The molecule has 0 saturated carbocycles. The lowest BCUT2D eigenvalue weighted by molar-refractivity contribution is -0.182. The van der Waals surface area contributed by atoms with Gasteiger partial charge in [0.05, 0.1) is 19.8 Å². The first-order valence-corrected chi connectivity index (χ1v) is 10.6. The van der Waals surface area contributed by atoms with Crippen LogP contribution < -0.4 is 5.32 Å². The van der Waals surface area contributed by atoms with E-state index >= 15 is 0 Å². The minimum atomic E-state index is -0.622. The number of nitrogens with zero attached hydrogens (tertiary/aromatic N) is 4. The molecule has 9 heteroatoms. The molecule has 3 aliphatic heterocycles. The Balaban J connectivity index is 1.45. The molecule has 1 aromatic heterocycles. The number of likely N-dealkylation sites (tertiary alicyclic amines) is 1. The molecule has 4 rings (SSSR count). The molecule has 2 saturated heterocycles. The number of rotatable bonds is 3. The van der Waals surface area contributed by atoms with Crippen LogP contribution in [0.4, 0.5) is 4.79 Å². The van der Waals surface area contributed by atoms with Crippen molar-refractivity contribution in [1.82, 2.24) is 24.7 Å². The van der Waals surface area contributed by atoms with Gasteiger partial charge in [-0.15, -0.1) is 0 Å². The Bertz CT molecular complexity index is 735. The molecule has 160 valence electrons. The number of hydrogen-bond donors (Lipinski definition) is 1. The molecule has 3 aliphatic rings. The average molecular weight is 405 g/mol. The molecule has 3 amide bonds. The number of nitrogens with one attached hydrogen (secondary N) is 1. The smallest absolute Gasteiger partial charge is 0.317 e. The summed E-state index contributed by atoms with van der Waals surface area (Å²) in [6, 6.07) is -0.0337. The number of carbonyl (C=O) groups excluding carboxylic acids is 2. The standard InChI is InChI=1S/C20H31N5O4/c1-15(2)13-22-19(27)24-6-3-20(4-7-24)18-21-5-8-25(18)14-16(29-20)17(26)23-9-11-28-12-10-23/h5,8,15-16H,3-4,6-7,9-14H2,1-2H3,(H,22,27)/t16-/m1/s1. The van der Waals surface area contributed by atoms with E-state index in [9.17, 15) is 9.59 Å². The van der Waals surface area contributed by atoms with E-state index in [1.54, 1.807) is 6.20 Å². The fourth-order valence-corrected chi connectivity index (χ4v) is 4.33. The lowest BCUT2D eigenvalue weighted by Crippen LogP contribution is -2.57. The van der Waals surface area contributed by atoms with Gasteiger partial charge >= 0.3 is 6.03 Å². The molecule has 9 nitrogen and oxygen atoms in total. The number of piperidine rings is 1. The van der Waals surface area contributed by atoms with Gasteiger partial charge in [0, 0.05) is 58.0 Å². The second-order valence-electron chi connectivity index (χ2n) is 8.51. The van der Waals surface area contributed by atoms with E-state index in [0.29, 0.717) is 71.2 Å². The van der Waals surface area contributed by atoms with Gasteiger partial charge in [0.1, 0.15) is 11.4 Å². The monoisotopic (exact) mass is 405 g/mol. The normalized spacial score (nSPS) is 23.9. The molecular formula is C20H31N5O4. The Hall–Kier alpha value is -2.13. The fourth-order valence-electron chi connectivity index (χ4n) is 4.33. The topological polar surface area (TPSA) is 88.9 Å². The molecule has 1 aromatic rings. The maximum Gasteiger partial charge on any atom is 0.317 e. The zero-order valence-electron chi connectivity index (χ0n) is 17.3. The molecule has 0 radical (unpaired) electrons. The van der Waals surface area contributed by atoms with Crippen LogP contribution in [0.3, 0.4) is 0 Å². The number of morpholine rings is 1. The number of amides is 3. The van der Waals surface area contributed by atoms with Crippen LogP contribution in [-0.2, 0) is 26.4 Å². The van der Waals surface area contributed by atoms with Crippen molar-refractivity contribution in [3.63, 3.8) is 0 Å².